The normalized spacial score (nSPS) is 12.6. The molecule has 0 aromatic heterocycles. The zero-order chi connectivity index (χ0) is 18.6. The van der Waals surface area contributed by atoms with Gasteiger partial charge in [0.2, 0.25) is 10.0 Å². The van der Waals surface area contributed by atoms with Crippen molar-refractivity contribution in [3.8, 4) is 6.07 Å². The van der Waals surface area contributed by atoms with Crippen LogP contribution in [0.15, 0.2) is 53.4 Å². The molecule has 2 aromatic carbocycles. The van der Waals surface area contributed by atoms with Crippen LogP contribution in [0.3, 0.4) is 0 Å². The summed E-state index contributed by atoms with van der Waals surface area (Å²) in [6.07, 6.45) is -1.02. The minimum Gasteiger partial charge on any atom is -0.387 e. The van der Waals surface area contributed by atoms with Gasteiger partial charge in [0.25, 0.3) is 0 Å². The van der Waals surface area contributed by atoms with Crippen molar-refractivity contribution in [1.29, 1.82) is 5.26 Å². The quantitative estimate of drug-likeness (QED) is 0.798. The van der Waals surface area contributed by atoms with E-state index in [1.54, 1.807) is 24.3 Å². The molecule has 2 aromatic rings. The predicted octanol–water partition coefficient (Wildman–Crippen LogP) is 2.11. The van der Waals surface area contributed by atoms with Gasteiger partial charge < -0.3 is 5.11 Å². The maximum absolute atomic E-state index is 12.6. The Morgan fingerprint density at radius 3 is 2.20 bits per heavy atom. The van der Waals surface area contributed by atoms with Gasteiger partial charge in [-0.1, -0.05) is 24.3 Å². The molecule has 1 N–H and O–H groups in total. The summed E-state index contributed by atoms with van der Waals surface area (Å²) in [5.74, 6) is -0.145. The van der Waals surface area contributed by atoms with Crippen LogP contribution in [0.2, 0.25) is 0 Å². The third-order valence-electron chi connectivity index (χ3n) is 3.82. The van der Waals surface area contributed by atoms with Gasteiger partial charge in [-0.25, -0.2) is 8.42 Å². The largest absolute Gasteiger partial charge is 0.387 e. The summed E-state index contributed by atoms with van der Waals surface area (Å²) in [5.41, 5.74) is 1.41. The van der Waals surface area contributed by atoms with Crippen molar-refractivity contribution in [2.24, 2.45) is 0 Å². The SMILES string of the molecule is CC(=O)c1ccc(S(=O)(=O)N(C)CC(O)c2ccc(C#N)cc2)cc1. The first-order valence-corrected chi connectivity index (χ1v) is 8.95. The Bertz CT molecular complexity index is 898. The van der Waals surface area contributed by atoms with Crippen LogP contribution in [-0.2, 0) is 10.0 Å². The minimum absolute atomic E-state index is 0.0482. The molecule has 130 valence electrons. The fourth-order valence-electron chi connectivity index (χ4n) is 2.27. The van der Waals surface area contributed by atoms with E-state index in [4.69, 9.17) is 5.26 Å². The van der Waals surface area contributed by atoms with Gasteiger partial charge in [0.05, 0.1) is 22.6 Å². The molecule has 1 unspecified atom stereocenters. The topological polar surface area (TPSA) is 98.5 Å². The highest BCUT2D eigenvalue weighted by Gasteiger charge is 2.23. The minimum atomic E-state index is -3.79. The van der Waals surface area contributed by atoms with E-state index >= 15 is 0 Å². The number of sulfonamides is 1. The van der Waals surface area contributed by atoms with Crippen LogP contribution in [0.1, 0.15) is 34.5 Å². The maximum Gasteiger partial charge on any atom is 0.242 e. The maximum atomic E-state index is 12.6. The molecule has 0 amide bonds. The number of benzene rings is 2. The molecular formula is C18H18N2O4S. The molecular weight excluding hydrogens is 340 g/mol. The standard InChI is InChI=1S/C18H18N2O4S/c1-13(21)15-7-9-17(10-8-15)25(23,24)20(2)12-18(22)16-5-3-14(11-19)4-6-16/h3-10,18,22H,12H2,1-2H3. The summed E-state index contributed by atoms with van der Waals surface area (Å²) in [4.78, 5) is 11.3. The van der Waals surface area contributed by atoms with E-state index in [2.05, 4.69) is 0 Å². The smallest absolute Gasteiger partial charge is 0.242 e. The van der Waals surface area contributed by atoms with Crippen molar-refractivity contribution < 1.29 is 18.3 Å². The lowest BCUT2D eigenvalue weighted by atomic mass is 10.1. The number of aliphatic hydroxyl groups is 1. The third-order valence-corrected chi connectivity index (χ3v) is 5.66. The van der Waals surface area contributed by atoms with Gasteiger partial charge in [0.1, 0.15) is 0 Å². The summed E-state index contributed by atoms with van der Waals surface area (Å²) in [6.45, 7) is 1.27. The van der Waals surface area contributed by atoms with Gasteiger partial charge in [-0.05, 0) is 36.8 Å². The number of carbonyl (C=O) groups excluding carboxylic acids is 1. The highest BCUT2D eigenvalue weighted by molar-refractivity contribution is 7.89. The van der Waals surface area contributed by atoms with Gasteiger partial charge >= 0.3 is 0 Å². The van der Waals surface area contributed by atoms with Crippen molar-refractivity contribution in [2.45, 2.75) is 17.9 Å². The van der Waals surface area contributed by atoms with Crippen LogP contribution in [0, 0.1) is 11.3 Å². The first kappa shape index (κ1) is 18.8. The molecule has 0 spiro atoms. The van der Waals surface area contributed by atoms with E-state index in [1.807, 2.05) is 6.07 Å². The van der Waals surface area contributed by atoms with E-state index in [0.29, 0.717) is 16.7 Å². The molecule has 2 rings (SSSR count). The number of rotatable bonds is 6. The van der Waals surface area contributed by atoms with E-state index in [0.717, 1.165) is 4.31 Å². The average molecular weight is 358 g/mol. The van der Waals surface area contributed by atoms with Gasteiger partial charge in [0, 0.05) is 19.2 Å². The highest BCUT2D eigenvalue weighted by atomic mass is 32.2. The molecule has 1 atom stereocenters. The Labute approximate surface area is 147 Å². The average Bonchev–Trinajstić information content (AvgIpc) is 2.61. The first-order valence-electron chi connectivity index (χ1n) is 7.51. The lowest BCUT2D eigenvalue weighted by Gasteiger charge is -2.21. The molecule has 0 bridgehead atoms. The summed E-state index contributed by atoms with van der Waals surface area (Å²) in [7, 11) is -2.41. The molecule has 0 fully saturated rings. The summed E-state index contributed by atoms with van der Waals surface area (Å²) in [5, 5.41) is 19.0. The van der Waals surface area contributed by atoms with Gasteiger partial charge in [-0.3, -0.25) is 4.79 Å². The van der Waals surface area contributed by atoms with Crippen molar-refractivity contribution in [1.82, 2.24) is 4.31 Å². The van der Waals surface area contributed by atoms with Crippen LogP contribution in [-0.4, -0.2) is 37.2 Å². The number of nitriles is 1. The summed E-state index contributed by atoms with van der Waals surface area (Å²) < 4.78 is 26.2. The fraction of sp³-hybridized carbons (Fsp3) is 0.222. The molecule has 7 heteroatoms. The van der Waals surface area contributed by atoms with E-state index in [1.165, 1.54) is 38.2 Å². The van der Waals surface area contributed by atoms with Crippen molar-refractivity contribution in [3.63, 3.8) is 0 Å². The number of Topliss-reactive ketones (excluding diaryl/α,β-unsaturated/α-hetero) is 1. The molecule has 25 heavy (non-hydrogen) atoms. The van der Waals surface area contributed by atoms with E-state index in [9.17, 15) is 18.3 Å². The van der Waals surface area contributed by atoms with Crippen molar-refractivity contribution in [3.05, 3.63) is 65.2 Å². The van der Waals surface area contributed by atoms with Crippen LogP contribution in [0.5, 0.6) is 0 Å². The zero-order valence-electron chi connectivity index (χ0n) is 13.9. The fourth-order valence-corrected chi connectivity index (χ4v) is 3.45. The summed E-state index contributed by atoms with van der Waals surface area (Å²) in [6, 6.07) is 13.9. The van der Waals surface area contributed by atoms with Crippen LogP contribution in [0.25, 0.3) is 0 Å². The molecule has 0 radical (unpaired) electrons. The molecule has 0 heterocycles. The van der Waals surface area contributed by atoms with Gasteiger partial charge in [-0.15, -0.1) is 0 Å². The summed E-state index contributed by atoms with van der Waals surface area (Å²) >= 11 is 0. The second kappa shape index (κ2) is 7.57. The Morgan fingerprint density at radius 2 is 1.72 bits per heavy atom. The number of nitrogens with zero attached hydrogens (tertiary/aromatic N) is 2. The van der Waals surface area contributed by atoms with E-state index in [-0.39, 0.29) is 17.2 Å². The van der Waals surface area contributed by atoms with Gasteiger partial charge in [-0.2, -0.15) is 9.57 Å². The number of hydrogen-bond acceptors (Lipinski definition) is 5. The Hall–Kier alpha value is -2.53. The van der Waals surface area contributed by atoms with Crippen LogP contribution >= 0.6 is 0 Å². The van der Waals surface area contributed by atoms with Crippen molar-refractivity contribution >= 4 is 15.8 Å². The molecule has 6 nitrogen and oxygen atoms in total. The Balaban J connectivity index is 2.15. The lowest BCUT2D eigenvalue weighted by molar-refractivity contribution is 0.101. The molecule has 0 saturated heterocycles. The molecule has 0 aliphatic carbocycles. The van der Waals surface area contributed by atoms with Gasteiger partial charge in [0.15, 0.2) is 5.78 Å². The number of aliphatic hydroxyl groups excluding tert-OH is 1. The number of likely N-dealkylation sites (N-methyl/N-ethyl adjacent to an activating group) is 1. The van der Waals surface area contributed by atoms with Crippen LogP contribution < -0.4 is 0 Å². The Kier molecular flexibility index (Phi) is 5.69. The molecule has 0 aliphatic heterocycles. The van der Waals surface area contributed by atoms with Crippen LogP contribution in [0.4, 0.5) is 0 Å². The molecule has 0 saturated carbocycles. The Morgan fingerprint density at radius 1 is 1.16 bits per heavy atom. The van der Waals surface area contributed by atoms with Crippen molar-refractivity contribution in [2.75, 3.05) is 13.6 Å². The number of ketones is 1. The molecule has 0 aliphatic rings. The highest BCUT2D eigenvalue weighted by Crippen LogP contribution is 2.20. The number of carbonyl (C=O) groups is 1. The monoisotopic (exact) mass is 358 g/mol. The third kappa shape index (κ3) is 4.31. The second-order valence-electron chi connectivity index (χ2n) is 5.62. The first-order chi connectivity index (χ1) is 11.8. The number of hydrogen-bond donors (Lipinski definition) is 1. The van der Waals surface area contributed by atoms with E-state index < -0.39 is 16.1 Å². The second-order valence-corrected chi connectivity index (χ2v) is 7.66. The lowest BCUT2D eigenvalue weighted by Crippen LogP contribution is -2.31. The zero-order valence-corrected chi connectivity index (χ0v) is 14.7. The predicted molar refractivity (Wildman–Crippen MR) is 92.4 cm³/mol.